The SMILES string of the molecule is Cc1cccc(S(=O)(=O)NCCOc2ccc3c(c2)CCCC3)c1. The van der Waals surface area contributed by atoms with E-state index in [-0.39, 0.29) is 11.4 Å². The molecule has 0 bridgehead atoms. The van der Waals surface area contributed by atoms with Crippen LogP contribution < -0.4 is 9.46 Å². The molecule has 1 aliphatic carbocycles. The monoisotopic (exact) mass is 345 g/mol. The molecule has 0 spiro atoms. The van der Waals surface area contributed by atoms with Crippen molar-refractivity contribution in [2.75, 3.05) is 13.2 Å². The lowest BCUT2D eigenvalue weighted by Gasteiger charge is -2.17. The van der Waals surface area contributed by atoms with Crippen molar-refractivity contribution in [3.05, 3.63) is 59.2 Å². The first-order valence-corrected chi connectivity index (χ1v) is 9.84. The van der Waals surface area contributed by atoms with E-state index in [2.05, 4.69) is 16.9 Å². The number of fused-ring (bicyclic) bond motifs is 1. The summed E-state index contributed by atoms with van der Waals surface area (Å²) in [6, 6.07) is 13.1. The number of rotatable bonds is 6. The Hall–Kier alpha value is -1.85. The van der Waals surface area contributed by atoms with Gasteiger partial charge in [0.1, 0.15) is 12.4 Å². The van der Waals surface area contributed by atoms with Gasteiger partial charge in [-0.05, 0) is 73.6 Å². The average Bonchev–Trinajstić information content (AvgIpc) is 2.59. The molecule has 0 aromatic heterocycles. The summed E-state index contributed by atoms with van der Waals surface area (Å²) >= 11 is 0. The van der Waals surface area contributed by atoms with Gasteiger partial charge in [-0.15, -0.1) is 0 Å². The van der Waals surface area contributed by atoms with Gasteiger partial charge in [-0.25, -0.2) is 13.1 Å². The van der Waals surface area contributed by atoms with Crippen LogP contribution in [-0.4, -0.2) is 21.6 Å². The van der Waals surface area contributed by atoms with Crippen LogP contribution in [0.2, 0.25) is 0 Å². The maximum Gasteiger partial charge on any atom is 0.240 e. The molecule has 0 radical (unpaired) electrons. The van der Waals surface area contributed by atoms with E-state index in [4.69, 9.17) is 4.74 Å². The predicted octanol–water partition coefficient (Wildman–Crippen LogP) is 3.23. The second-order valence-electron chi connectivity index (χ2n) is 6.20. The minimum absolute atomic E-state index is 0.243. The van der Waals surface area contributed by atoms with Gasteiger partial charge in [0.05, 0.1) is 4.90 Å². The highest BCUT2D eigenvalue weighted by molar-refractivity contribution is 7.89. The molecule has 0 amide bonds. The molecule has 3 rings (SSSR count). The summed E-state index contributed by atoms with van der Waals surface area (Å²) < 4.78 is 32.7. The van der Waals surface area contributed by atoms with Gasteiger partial charge in [0.15, 0.2) is 0 Å². The van der Waals surface area contributed by atoms with E-state index < -0.39 is 10.0 Å². The molecule has 0 atom stereocenters. The van der Waals surface area contributed by atoms with E-state index in [0.717, 1.165) is 24.2 Å². The van der Waals surface area contributed by atoms with Crippen LogP contribution in [-0.2, 0) is 22.9 Å². The largest absolute Gasteiger partial charge is 0.492 e. The van der Waals surface area contributed by atoms with E-state index in [9.17, 15) is 8.42 Å². The molecule has 24 heavy (non-hydrogen) atoms. The van der Waals surface area contributed by atoms with Gasteiger partial charge < -0.3 is 4.74 Å². The number of hydrogen-bond donors (Lipinski definition) is 1. The normalized spacial score (nSPS) is 14.2. The molecule has 128 valence electrons. The molecule has 0 heterocycles. The van der Waals surface area contributed by atoms with E-state index in [1.807, 2.05) is 19.1 Å². The van der Waals surface area contributed by atoms with Crippen molar-refractivity contribution in [1.29, 1.82) is 0 Å². The first kappa shape index (κ1) is 17.0. The van der Waals surface area contributed by atoms with Crippen molar-refractivity contribution >= 4 is 10.0 Å². The fourth-order valence-corrected chi connectivity index (χ4v) is 4.13. The zero-order chi connectivity index (χ0) is 17.0. The number of hydrogen-bond acceptors (Lipinski definition) is 3. The van der Waals surface area contributed by atoms with Gasteiger partial charge in [0.2, 0.25) is 10.0 Å². The van der Waals surface area contributed by atoms with Crippen LogP contribution >= 0.6 is 0 Å². The molecule has 0 unspecified atom stereocenters. The Kier molecular flexibility index (Phi) is 5.21. The minimum atomic E-state index is -3.48. The third-order valence-corrected chi connectivity index (χ3v) is 5.74. The second kappa shape index (κ2) is 7.36. The predicted molar refractivity (Wildman–Crippen MR) is 94.9 cm³/mol. The Morgan fingerprint density at radius 1 is 1.04 bits per heavy atom. The lowest BCUT2D eigenvalue weighted by Crippen LogP contribution is -2.28. The van der Waals surface area contributed by atoms with Crippen molar-refractivity contribution in [3.8, 4) is 5.75 Å². The van der Waals surface area contributed by atoms with Crippen molar-refractivity contribution in [2.24, 2.45) is 0 Å². The summed E-state index contributed by atoms with van der Waals surface area (Å²) in [5, 5.41) is 0. The first-order chi connectivity index (χ1) is 11.5. The van der Waals surface area contributed by atoms with E-state index in [1.54, 1.807) is 18.2 Å². The fourth-order valence-electron chi connectivity index (χ4n) is 3.01. The summed E-state index contributed by atoms with van der Waals surface area (Å²) in [5.41, 5.74) is 3.69. The Morgan fingerprint density at radius 3 is 2.62 bits per heavy atom. The number of ether oxygens (including phenoxy) is 1. The molecule has 4 nitrogen and oxygen atoms in total. The molecule has 0 aliphatic heterocycles. The molecule has 2 aromatic rings. The van der Waals surface area contributed by atoms with Crippen molar-refractivity contribution in [3.63, 3.8) is 0 Å². The fraction of sp³-hybridized carbons (Fsp3) is 0.368. The van der Waals surface area contributed by atoms with Crippen molar-refractivity contribution in [1.82, 2.24) is 4.72 Å². The van der Waals surface area contributed by atoms with E-state index in [1.165, 1.54) is 24.0 Å². The third-order valence-electron chi connectivity index (χ3n) is 4.28. The van der Waals surface area contributed by atoms with Gasteiger partial charge in [0, 0.05) is 6.54 Å². The average molecular weight is 345 g/mol. The summed E-state index contributed by atoms with van der Waals surface area (Å²) in [7, 11) is -3.48. The van der Waals surface area contributed by atoms with Crippen molar-refractivity contribution < 1.29 is 13.2 Å². The highest BCUT2D eigenvalue weighted by Crippen LogP contribution is 2.25. The Morgan fingerprint density at radius 2 is 1.83 bits per heavy atom. The topological polar surface area (TPSA) is 55.4 Å². The second-order valence-corrected chi connectivity index (χ2v) is 7.97. The van der Waals surface area contributed by atoms with Crippen LogP contribution in [0.25, 0.3) is 0 Å². The molecule has 5 heteroatoms. The number of nitrogens with one attached hydrogen (secondary N) is 1. The van der Waals surface area contributed by atoms with Gasteiger partial charge in [-0.2, -0.15) is 0 Å². The molecule has 0 fully saturated rings. The Labute approximate surface area is 143 Å². The Bertz CT molecular complexity index is 815. The highest BCUT2D eigenvalue weighted by atomic mass is 32.2. The van der Waals surface area contributed by atoms with Gasteiger partial charge in [-0.1, -0.05) is 18.2 Å². The maximum absolute atomic E-state index is 12.2. The number of sulfonamides is 1. The molecule has 0 saturated heterocycles. The van der Waals surface area contributed by atoms with Gasteiger partial charge in [0.25, 0.3) is 0 Å². The Balaban J connectivity index is 1.53. The van der Waals surface area contributed by atoms with Gasteiger partial charge in [-0.3, -0.25) is 0 Å². The zero-order valence-electron chi connectivity index (χ0n) is 13.9. The van der Waals surface area contributed by atoms with Crippen LogP contribution in [0.4, 0.5) is 0 Å². The van der Waals surface area contributed by atoms with Gasteiger partial charge >= 0.3 is 0 Å². The third kappa shape index (κ3) is 4.16. The number of aryl methyl sites for hydroxylation is 3. The van der Waals surface area contributed by atoms with Crippen molar-refractivity contribution in [2.45, 2.75) is 37.5 Å². The smallest absolute Gasteiger partial charge is 0.240 e. The van der Waals surface area contributed by atoms with Crippen LogP contribution in [0, 0.1) is 6.92 Å². The molecular formula is C19H23NO3S. The van der Waals surface area contributed by atoms with Crippen LogP contribution in [0.5, 0.6) is 5.75 Å². The summed E-state index contributed by atoms with van der Waals surface area (Å²) in [5.74, 6) is 0.811. The molecule has 2 aromatic carbocycles. The molecule has 0 saturated carbocycles. The minimum Gasteiger partial charge on any atom is -0.492 e. The highest BCUT2D eigenvalue weighted by Gasteiger charge is 2.13. The van der Waals surface area contributed by atoms with E-state index >= 15 is 0 Å². The van der Waals surface area contributed by atoms with E-state index in [0.29, 0.717) is 6.61 Å². The lowest BCUT2D eigenvalue weighted by atomic mass is 9.92. The molecule has 1 aliphatic rings. The van der Waals surface area contributed by atoms with Crippen LogP contribution in [0.3, 0.4) is 0 Å². The van der Waals surface area contributed by atoms with Crippen LogP contribution in [0.1, 0.15) is 29.5 Å². The van der Waals surface area contributed by atoms with Crippen LogP contribution in [0.15, 0.2) is 47.4 Å². The molecular weight excluding hydrogens is 322 g/mol. The quantitative estimate of drug-likeness (QED) is 0.818. The first-order valence-electron chi connectivity index (χ1n) is 8.35. The summed E-state index contributed by atoms with van der Waals surface area (Å²) in [6.07, 6.45) is 4.74. The maximum atomic E-state index is 12.2. The molecule has 1 N–H and O–H groups in total. The zero-order valence-corrected chi connectivity index (χ0v) is 14.7. The summed E-state index contributed by atoms with van der Waals surface area (Å²) in [4.78, 5) is 0.288. The lowest BCUT2D eigenvalue weighted by molar-refractivity contribution is 0.322. The standard InChI is InChI=1S/C19H23NO3S/c1-15-5-4-8-19(13-15)24(21,22)20-11-12-23-18-10-9-16-6-2-3-7-17(16)14-18/h4-5,8-10,13-14,20H,2-3,6-7,11-12H2,1H3. The summed E-state index contributed by atoms with van der Waals surface area (Å²) in [6.45, 7) is 2.43. The number of benzene rings is 2.